The molecule has 2 rings (SSSR count). The molecule has 0 amide bonds. The number of alkyl halides is 4. The molecule has 0 saturated heterocycles. The summed E-state index contributed by atoms with van der Waals surface area (Å²) in [6, 6.07) is 0. The van der Waals surface area contributed by atoms with Gasteiger partial charge >= 0.3 is 6.18 Å². The zero-order valence-corrected chi connectivity index (χ0v) is 9.78. The largest absolute Gasteiger partial charge is 0.421 e. The van der Waals surface area contributed by atoms with Crippen LogP contribution in [0.5, 0.6) is 0 Å². The monoisotopic (exact) mass is 266 g/mol. The van der Waals surface area contributed by atoms with E-state index in [9.17, 15) is 22.7 Å². The standard InChI is InChI=1S/C11H14F4N2O/c1-2-10(5-7(12)6-10)17-4-3-16-9(17)8(18)11(13,14)15/h3-4,7-8,18H,2,5-6H2,1H3. The summed E-state index contributed by atoms with van der Waals surface area (Å²) in [4.78, 5) is 3.57. The summed E-state index contributed by atoms with van der Waals surface area (Å²) >= 11 is 0. The first-order valence-electron chi connectivity index (χ1n) is 5.73. The molecule has 1 N–H and O–H groups in total. The Balaban J connectivity index is 2.33. The zero-order valence-electron chi connectivity index (χ0n) is 9.78. The van der Waals surface area contributed by atoms with Crippen LogP contribution in [-0.4, -0.2) is 27.0 Å². The number of aromatic nitrogens is 2. The van der Waals surface area contributed by atoms with Crippen molar-refractivity contribution in [2.45, 2.75) is 50.2 Å². The maximum atomic E-state index is 13.0. The smallest absolute Gasteiger partial charge is 0.377 e. The van der Waals surface area contributed by atoms with Gasteiger partial charge in [0.2, 0.25) is 6.10 Å². The molecule has 1 atom stereocenters. The summed E-state index contributed by atoms with van der Waals surface area (Å²) in [5, 5.41) is 9.27. The van der Waals surface area contributed by atoms with Gasteiger partial charge in [0.05, 0.1) is 5.54 Å². The number of nitrogens with zero attached hydrogens (tertiary/aromatic N) is 2. The minimum absolute atomic E-state index is 0.164. The first-order chi connectivity index (χ1) is 8.30. The summed E-state index contributed by atoms with van der Waals surface area (Å²) in [6.45, 7) is 1.79. The summed E-state index contributed by atoms with van der Waals surface area (Å²) in [7, 11) is 0. The molecule has 1 fully saturated rings. The van der Waals surface area contributed by atoms with Gasteiger partial charge in [0.15, 0.2) is 0 Å². The average Bonchev–Trinajstić information content (AvgIpc) is 2.70. The van der Waals surface area contributed by atoms with Crippen molar-refractivity contribution in [1.82, 2.24) is 9.55 Å². The van der Waals surface area contributed by atoms with E-state index in [0.29, 0.717) is 6.42 Å². The van der Waals surface area contributed by atoms with Crippen molar-refractivity contribution in [3.63, 3.8) is 0 Å². The topological polar surface area (TPSA) is 38.0 Å². The number of aliphatic hydroxyl groups is 1. The number of rotatable bonds is 3. The van der Waals surface area contributed by atoms with Crippen LogP contribution in [0, 0.1) is 0 Å². The Bertz CT molecular complexity index is 423. The van der Waals surface area contributed by atoms with Crippen LogP contribution >= 0.6 is 0 Å². The quantitative estimate of drug-likeness (QED) is 0.854. The minimum Gasteiger partial charge on any atom is -0.377 e. The molecule has 0 aromatic carbocycles. The lowest BCUT2D eigenvalue weighted by Gasteiger charge is -2.46. The minimum atomic E-state index is -4.77. The van der Waals surface area contributed by atoms with E-state index in [2.05, 4.69) is 4.98 Å². The summed E-state index contributed by atoms with van der Waals surface area (Å²) in [5.74, 6) is -0.462. The van der Waals surface area contributed by atoms with Crippen LogP contribution in [0.4, 0.5) is 17.6 Å². The second-order valence-electron chi connectivity index (χ2n) is 4.68. The van der Waals surface area contributed by atoms with Crippen molar-refractivity contribution in [3.8, 4) is 0 Å². The first kappa shape index (κ1) is 13.3. The van der Waals surface area contributed by atoms with E-state index in [0.717, 1.165) is 0 Å². The molecule has 1 saturated carbocycles. The molecule has 1 unspecified atom stereocenters. The first-order valence-corrected chi connectivity index (χ1v) is 5.73. The second kappa shape index (κ2) is 4.22. The third kappa shape index (κ3) is 2.00. The molecule has 102 valence electrons. The van der Waals surface area contributed by atoms with Gasteiger partial charge in [-0.2, -0.15) is 13.2 Å². The van der Waals surface area contributed by atoms with Crippen LogP contribution < -0.4 is 0 Å². The van der Waals surface area contributed by atoms with Gasteiger partial charge in [-0.15, -0.1) is 0 Å². The molecule has 1 heterocycles. The molecule has 0 bridgehead atoms. The summed E-state index contributed by atoms with van der Waals surface area (Å²) in [6.07, 6.45) is -4.99. The molecule has 1 aromatic heterocycles. The number of imidazole rings is 1. The van der Waals surface area contributed by atoms with Crippen molar-refractivity contribution in [2.75, 3.05) is 0 Å². The van der Waals surface area contributed by atoms with Crippen molar-refractivity contribution >= 4 is 0 Å². The molecule has 1 aromatic rings. The van der Waals surface area contributed by atoms with Crippen molar-refractivity contribution < 1.29 is 22.7 Å². The highest BCUT2D eigenvalue weighted by Crippen LogP contribution is 2.46. The lowest BCUT2D eigenvalue weighted by atomic mass is 9.73. The number of aliphatic hydroxyl groups excluding tert-OH is 1. The molecule has 0 aliphatic heterocycles. The molecule has 3 nitrogen and oxygen atoms in total. The Morgan fingerprint density at radius 1 is 1.56 bits per heavy atom. The SMILES string of the molecule is CCC1(n2ccnc2C(O)C(F)(F)F)CC(F)C1. The molecule has 1 aliphatic rings. The molecule has 1 aliphatic carbocycles. The van der Waals surface area contributed by atoms with E-state index < -0.39 is 29.8 Å². The van der Waals surface area contributed by atoms with Crippen molar-refractivity contribution in [1.29, 1.82) is 0 Å². The van der Waals surface area contributed by atoms with E-state index in [1.165, 1.54) is 17.0 Å². The van der Waals surface area contributed by atoms with Gasteiger partial charge in [0, 0.05) is 25.2 Å². The van der Waals surface area contributed by atoms with Gasteiger partial charge in [0.1, 0.15) is 12.0 Å². The molecule has 0 spiro atoms. The van der Waals surface area contributed by atoms with Gasteiger partial charge < -0.3 is 9.67 Å². The molecular weight excluding hydrogens is 252 g/mol. The zero-order chi connectivity index (χ0) is 13.6. The predicted molar refractivity (Wildman–Crippen MR) is 55.6 cm³/mol. The highest BCUT2D eigenvalue weighted by Gasteiger charge is 2.49. The van der Waals surface area contributed by atoms with Gasteiger partial charge in [-0.05, 0) is 6.42 Å². The third-order valence-electron chi connectivity index (χ3n) is 3.60. The molecule has 7 heteroatoms. The van der Waals surface area contributed by atoms with Crippen LogP contribution in [0.1, 0.15) is 38.1 Å². The van der Waals surface area contributed by atoms with Crippen molar-refractivity contribution in [2.24, 2.45) is 0 Å². The Labute approximate surface area is 101 Å². The van der Waals surface area contributed by atoms with Gasteiger partial charge in [-0.3, -0.25) is 0 Å². The Morgan fingerprint density at radius 3 is 2.61 bits per heavy atom. The highest BCUT2D eigenvalue weighted by molar-refractivity contribution is 5.10. The normalized spacial score (nSPS) is 30.0. The van der Waals surface area contributed by atoms with Gasteiger partial charge in [-0.1, -0.05) is 6.92 Å². The number of halogens is 4. The van der Waals surface area contributed by atoms with Gasteiger partial charge in [-0.25, -0.2) is 9.37 Å². The van der Waals surface area contributed by atoms with E-state index in [-0.39, 0.29) is 12.8 Å². The Kier molecular flexibility index (Phi) is 3.12. The highest BCUT2D eigenvalue weighted by atomic mass is 19.4. The lowest BCUT2D eigenvalue weighted by molar-refractivity contribution is -0.211. The molecule has 18 heavy (non-hydrogen) atoms. The number of hydrogen-bond acceptors (Lipinski definition) is 2. The van der Waals surface area contributed by atoms with E-state index >= 15 is 0 Å². The second-order valence-corrected chi connectivity index (χ2v) is 4.68. The van der Waals surface area contributed by atoms with Crippen LogP contribution in [0.3, 0.4) is 0 Å². The van der Waals surface area contributed by atoms with Crippen LogP contribution in [0.25, 0.3) is 0 Å². The van der Waals surface area contributed by atoms with Crippen LogP contribution in [0.15, 0.2) is 12.4 Å². The fraction of sp³-hybridized carbons (Fsp3) is 0.727. The van der Waals surface area contributed by atoms with Crippen LogP contribution in [-0.2, 0) is 5.54 Å². The maximum Gasteiger partial charge on any atom is 0.421 e. The van der Waals surface area contributed by atoms with E-state index in [1.54, 1.807) is 6.92 Å². The molecule has 0 radical (unpaired) electrons. The fourth-order valence-electron chi connectivity index (χ4n) is 2.49. The Hall–Kier alpha value is -1.11. The summed E-state index contributed by atoms with van der Waals surface area (Å²) < 4.78 is 51.8. The predicted octanol–water partition coefficient (Wildman–Crippen LogP) is 2.72. The number of hydrogen-bond donors (Lipinski definition) is 1. The van der Waals surface area contributed by atoms with E-state index in [1.807, 2.05) is 0 Å². The average molecular weight is 266 g/mol. The van der Waals surface area contributed by atoms with E-state index in [4.69, 9.17) is 0 Å². The van der Waals surface area contributed by atoms with Crippen molar-refractivity contribution in [3.05, 3.63) is 18.2 Å². The lowest BCUT2D eigenvalue weighted by Crippen LogP contribution is -2.48. The Morgan fingerprint density at radius 2 is 2.17 bits per heavy atom. The third-order valence-corrected chi connectivity index (χ3v) is 3.60. The molecular formula is C11H14F4N2O. The fourth-order valence-corrected chi connectivity index (χ4v) is 2.49. The van der Waals surface area contributed by atoms with Crippen LogP contribution in [0.2, 0.25) is 0 Å². The van der Waals surface area contributed by atoms with Gasteiger partial charge in [0.25, 0.3) is 0 Å². The summed E-state index contributed by atoms with van der Waals surface area (Å²) in [5.41, 5.74) is -0.683. The maximum absolute atomic E-state index is 13.0.